The molecule has 2 heterocycles. The Labute approximate surface area is 151 Å². The van der Waals surface area contributed by atoms with Crippen LogP contribution >= 0.6 is 0 Å². The van der Waals surface area contributed by atoms with Crippen molar-refractivity contribution in [2.75, 3.05) is 6.61 Å². The first-order valence-corrected chi connectivity index (χ1v) is 9.95. The van der Waals surface area contributed by atoms with E-state index in [2.05, 4.69) is 6.92 Å². The van der Waals surface area contributed by atoms with E-state index >= 15 is 0 Å². The van der Waals surface area contributed by atoms with E-state index in [-0.39, 0.29) is 29.6 Å². The Morgan fingerprint density at radius 2 is 1.72 bits per heavy atom. The van der Waals surface area contributed by atoms with E-state index in [1.54, 1.807) is 0 Å². The largest absolute Gasteiger partial charge is 0.392 e. The minimum Gasteiger partial charge on any atom is -0.392 e. The normalized spacial score (nSPS) is 52.3. The van der Waals surface area contributed by atoms with E-state index in [1.165, 1.54) is 0 Å². The SMILES string of the molecule is CC[C@](C)(O)CC[C@H]1[C@@H]2CC[C@H]3[C@@](C)(C(O)CC(O)[C@]13C)C(O)OC2. The van der Waals surface area contributed by atoms with Crippen LogP contribution in [0.5, 0.6) is 0 Å². The molecule has 4 rings (SSSR count). The van der Waals surface area contributed by atoms with Crippen molar-refractivity contribution >= 4 is 0 Å². The van der Waals surface area contributed by atoms with Crippen LogP contribution in [0.3, 0.4) is 0 Å². The Kier molecular flexibility index (Phi) is 5.05. The minimum atomic E-state index is -0.998. The van der Waals surface area contributed by atoms with Gasteiger partial charge >= 0.3 is 0 Å². The molecule has 2 saturated heterocycles. The first kappa shape index (κ1) is 19.6. The van der Waals surface area contributed by atoms with Crippen LogP contribution in [-0.4, -0.2) is 51.1 Å². The molecular formula is C20H36O5. The van der Waals surface area contributed by atoms with Gasteiger partial charge in [-0.3, -0.25) is 0 Å². The molecule has 0 spiro atoms. The van der Waals surface area contributed by atoms with E-state index in [0.29, 0.717) is 19.4 Å². The second-order valence-electron chi connectivity index (χ2n) is 9.57. The summed E-state index contributed by atoms with van der Waals surface area (Å²) in [7, 11) is 0. The molecule has 9 atom stereocenters. The van der Waals surface area contributed by atoms with Crippen LogP contribution in [0, 0.1) is 28.6 Å². The lowest BCUT2D eigenvalue weighted by atomic mass is 9.43. The number of aliphatic hydroxyl groups excluding tert-OH is 3. The highest BCUT2D eigenvalue weighted by Crippen LogP contribution is 2.64. The highest BCUT2D eigenvalue weighted by atomic mass is 16.6. The van der Waals surface area contributed by atoms with Gasteiger partial charge in [-0.15, -0.1) is 0 Å². The molecule has 5 heteroatoms. The van der Waals surface area contributed by atoms with Gasteiger partial charge in [-0.05, 0) is 56.8 Å². The van der Waals surface area contributed by atoms with E-state index in [0.717, 1.165) is 19.3 Å². The van der Waals surface area contributed by atoms with Gasteiger partial charge < -0.3 is 25.2 Å². The minimum absolute atomic E-state index is 0.00174. The average molecular weight is 357 g/mol. The summed E-state index contributed by atoms with van der Waals surface area (Å²) < 4.78 is 5.80. The number of hydrogen-bond acceptors (Lipinski definition) is 5. The first-order valence-electron chi connectivity index (χ1n) is 9.95. The lowest BCUT2D eigenvalue weighted by molar-refractivity contribution is -0.315. The van der Waals surface area contributed by atoms with Gasteiger partial charge in [0.15, 0.2) is 6.29 Å². The summed E-state index contributed by atoms with van der Waals surface area (Å²) in [6.07, 6.45) is 2.03. The summed E-state index contributed by atoms with van der Waals surface area (Å²) in [4.78, 5) is 0. The maximum atomic E-state index is 11.0. The fourth-order valence-corrected chi connectivity index (χ4v) is 6.19. The Morgan fingerprint density at radius 1 is 1.08 bits per heavy atom. The second-order valence-corrected chi connectivity index (χ2v) is 9.57. The van der Waals surface area contributed by atoms with Gasteiger partial charge in [0.25, 0.3) is 0 Å². The number of ether oxygens (including phenoxy) is 1. The van der Waals surface area contributed by atoms with E-state index in [9.17, 15) is 20.4 Å². The lowest BCUT2D eigenvalue weighted by Gasteiger charge is -2.65. The molecule has 0 aromatic carbocycles. The monoisotopic (exact) mass is 356 g/mol. The van der Waals surface area contributed by atoms with Gasteiger partial charge in [0, 0.05) is 17.3 Å². The fourth-order valence-electron chi connectivity index (χ4n) is 6.19. The molecule has 0 amide bonds. The highest BCUT2D eigenvalue weighted by Gasteiger charge is 2.66. The van der Waals surface area contributed by atoms with E-state index in [4.69, 9.17) is 4.74 Å². The van der Waals surface area contributed by atoms with Gasteiger partial charge in [-0.2, -0.15) is 0 Å². The molecule has 4 N–H and O–H groups in total. The van der Waals surface area contributed by atoms with Crippen molar-refractivity contribution in [3.8, 4) is 0 Å². The van der Waals surface area contributed by atoms with Gasteiger partial charge in [-0.1, -0.05) is 20.8 Å². The Balaban J connectivity index is 1.97. The van der Waals surface area contributed by atoms with Crippen molar-refractivity contribution in [1.29, 1.82) is 0 Å². The molecule has 5 nitrogen and oxygen atoms in total. The molecule has 4 aliphatic rings. The molecule has 3 unspecified atom stereocenters. The molecule has 146 valence electrons. The zero-order valence-electron chi connectivity index (χ0n) is 16.1. The second kappa shape index (κ2) is 6.45. The number of rotatable bonds is 4. The van der Waals surface area contributed by atoms with Crippen LogP contribution in [0.4, 0.5) is 0 Å². The zero-order chi connectivity index (χ0) is 18.6. The molecule has 4 bridgehead atoms. The topological polar surface area (TPSA) is 90.2 Å². The Morgan fingerprint density at radius 3 is 2.36 bits per heavy atom. The molecule has 0 aromatic heterocycles. The first-order chi connectivity index (χ1) is 11.6. The molecule has 0 aromatic rings. The van der Waals surface area contributed by atoms with Crippen molar-refractivity contribution in [3.63, 3.8) is 0 Å². The van der Waals surface area contributed by atoms with Crippen molar-refractivity contribution in [1.82, 2.24) is 0 Å². The maximum Gasteiger partial charge on any atom is 0.162 e. The molecular weight excluding hydrogens is 320 g/mol. The van der Waals surface area contributed by atoms with E-state index < -0.39 is 29.5 Å². The standard InChI is InChI=1S/C20H36O5/c1-5-18(2,24)9-8-13-12-6-7-14-19(13,3)15(21)10-16(22)20(14,4)17(23)25-11-12/h12-17,21-24H,5-11H2,1-4H3/t12-,13+,14-,15?,16?,17?,18+,19-,20+/m1/s1. The van der Waals surface area contributed by atoms with Crippen molar-refractivity contribution in [3.05, 3.63) is 0 Å². The van der Waals surface area contributed by atoms with Crippen LogP contribution in [0.15, 0.2) is 0 Å². The third kappa shape index (κ3) is 2.87. The summed E-state index contributed by atoms with van der Waals surface area (Å²) in [6, 6.07) is 0. The van der Waals surface area contributed by atoms with Gasteiger partial charge in [-0.25, -0.2) is 0 Å². The number of fused-ring (bicyclic) bond motifs is 3. The quantitative estimate of drug-likeness (QED) is 0.619. The van der Waals surface area contributed by atoms with Crippen LogP contribution < -0.4 is 0 Å². The lowest BCUT2D eigenvalue weighted by Crippen LogP contribution is -2.68. The summed E-state index contributed by atoms with van der Waals surface area (Å²) in [5, 5.41) is 42.9. The van der Waals surface area contributed by atoms with Crippen LogP contribution in [0.1, 0.15) is 66.2 Å². The molecule has 4 fully saturated rings. The van der Waals surface area contributed by atoms with E-state index in [1.807, 2.05) is 20.8 Å². The summed E-state index contributed by atoms with van der Waals surface area (Å²) in [5.41, 5.74) is -1.82. The smallest absolute Gasteiger partial charge is 0.162 e. The number of hydrogen-bond donors (Lipinski definition) is 4. The van der Waals surface area contributed by atoms with Crippen molar-refractivity contribution < 1.29 is 25.2 Å². The predicted octanol–water partition coefficient (Wildman–Crippen LogP) is 2.06. The molecule has 2 aliphatic heterocycles. The predicted molar refractivity (Wildman–Crippen MR) is 94.7 cm³/mol. The van der Waals surface area contributed by atoms with Gasteiger partial charge in [0.2, 0.25) is 0 Å². The molecule has 2 aliphatic carbocycles. The molecule has 0 radical (unpaired) electrons. The summed E-state index contributed by atoms with van der Waals surface area (Å²) >= 11 is 0. The van der Waals surface area contributed by atoms with Crippen LogP contribution in [0.2, 0.25) is 0 Å². The van der Waals surface area contributed by atoms with Crippen LogP contribution in [-0.2, 0) is 4.74 Å². The molecule has 25 heavy (non-hydrogen) atoms. The fraction of sp³-hybridized carbons (Fsp3) is 1.00. The van der Waals surface area contributed by atoms with Gasteiger partial charge in [0.1, 0.15) is 0 Å². The third-order valence-corrected chi connectivity index (χ3v) is 8.33. The Bertz CT molecular complexity index is 488. The maximum absolute atomic E-state index is 11.0. The third-order valence-electron chi connectivity index (χ3n) is 8.33. The van der Waals surface area contributed by atoms with Crippen molar-refractivity contribution in [2.45, 2.75) is 90.3 Å². The summed E-state index contributed by atoms with van der Waals surface area (Å²) in [5.74, 6) is 0.499. The Hall–Kier alpha value is -0.200. The van der Waals surface area contributed by atoms with Crippen molar-refractivity contribution in [2.24, 2.45) is 28.6 Å². The molecule has 2 saturated carbocycles. The van der Waals surface area contributed by atoms with Crippen LogP contribution in [0.25, 0.3) is 0 Å². The highest BCUT2D eigenvalue weighted by molar-refractivity contribution is 5.13. The zero-order valence-corrected chi connectivity index (χ0v) is 16.1. The average Bonchev–Trinajstić information content (AvgIpc) is 2.55. The summed E-state index contributed by atoms with van der Waals surface area (Å²) in [6.45, 7) is 8.39. The van der Waals surface area contributed by atoms with Gasteiger partial charge in [0.05, 0.1) is 24.4 Å². The number of aliphatic hydroxyl groups is 4.